The first-order chi connectivity index (χ1) is 7.72. The molecule has 0 atom stereocenters. The highest BCUT2D eigenvalue weighted by Gasteiger charge is 2.01. The van der Waals surface area contributed by atoms with E-state index < -0.39 is 0 Å². The first-order valence-corrected chi connectivity index (χ1v) is 5.50. The Morgan fingerprint density at radius 3 is 2.44 bits per heavy atom. The molecule has 0 saturated heterocycles. The fourth-order valence-electron chi connectivity index (χ4n) is 1.28. The summed E-state index contributed by atoms with van der Waals surface area (Å²) in [5.74, 6) is 0.145. The maximum absolute atomic E-state index is 11.4. The SMILES string of the molecule is CCC(=O)CCC(=O)/C=C/c1ccccc1. The van der Waals surface area contributed by atoms with Gasteiger partial charge in [0.05, 0.1) is 0 Å². The lowest BCUT2D eigenvalue weighted by molar-refractivity contribution is -0.122. The predicted molar refractivity (Wildman–Crippen MR) is 65.0 cm³/mol. The van der Waals surface area contributed by atoms with Gasteiger partial charge in [-0.2, -0.15) is 0 Å². The smallest absolute Gasteiger partial charge is 0.156 e. The molecular weight excluding hydrogens is 200 g/mol. The Balaban J connectivity index is 2.40. The van der Waals surface area contributed by atoms with Crippen molar-refractivity contribution in [2.45, 2.75) is 26.2 Å². The molecule has 0 aliphatic heterocycles. The van der Waals surface area contributed by atoms with Crippen molar-refractivity contribution in [1.29, 1.82) is 0 Å². The summed E-state index contributed by atoms with van der Waals surface area (Å²) in [6.45, 7) is 1.81. The molecule has 0 bridgehead atoms. The van der Waals surface area contributed by atoms with Crippen LogP contribution in [-0.4, -0.2) is 11.6 Å². The van der Waals surface area contributed by atoms with Crippen LogP contribution in [0, 0.1) is 0 Å². The zero-order chi connectivity index (χ0) is 11.8. The molecule has 0 aliphatic rings. The molecule has 0 saturated carbocycles. The summed E-state index contributed by atoms with van der Waals surface area (Å²) in [4.78, 5) is 22.4. The van der Waals surface area contributed by atoms with Gasteiger partial charge in [0, 0.05) is 19.3 Å². The van der Waals surface area contributed by atoms with E-state index in [-0.39, 0.29) is 11.6 Å². The molecule has 0 radical (unpaired) electrons. The molecule has 0 unspecified atom stereocenters. The number of carbonyl (C=O) groups is 2. The van der Waals surface area contributed by atoms with E-state index in [1.54, 1.807) is 6.08 Å². The second-order valence-electron chi connectivity index (χ2n) is 3.60. The van der Waals surface area contributed by atoms with Crippen molar-refractivity contribution in [2.75, 3.05) is 0 Å². The number of rotatable bonds is 6. The maximum atomic E-state index is 11.4. The van der Waals surface area contributed by atoms with Gasteiger partial charge in [-0.3, -0.25) is 9.59 Å². The van der Waals surface area contributed by atoms with E-state index in [2.05, 4.69) is 0 Å². The largest absolute Gasteiger partial charge is 0.300 e. The van der Waals surface area contributed by atoms with E-state index >= 15 is 0 Å². The number of hydrogen-bond acceptors (Lipinski definition) is 2. The predicted octanol–water partition coefficient (Wildman–Crippen LogP) is 3.03. The first-order valence-electron chi connectivity index (χ1n) is 5.50. The van der Waals surface area contributed by atoms with Crippen LogP contribution in [-0.2, 0) is 9.59 Å². The van der Waals surface area contributed by atoms with Crippen molar-refractivity contribution in [3.05, 3.63) is 42.0 Å². The van der Waals surface area contributed by atoms with Crippen LogP contribution in [0.1, 0.15) is 31.7 Å². The van der Waals surface area contributed by atoms with Crippen LogP contribution in [0.2, 0.25) is 0 Å². The second-order valence-corrected chi connectivity index (χ2v) is 3.60. The summed E-state index contributed by atoms with van der Waals surface area (Å²) in [5.41, 5.74) is 0.998. The fraction of sp³-hybridized carbons (Fsp3) is 0.286. The molecule has 0 aliphatic carbocycles. The van der Waals surface area contributed by atoms with Crippen LogP contribution in [0.25, 0.3) is 6.08 Å². The van der Waals surface area contributed by atoms with Gasteiger partial charge in [0.1, 0.15) is 5.78 Å². The summed E-state index contributed by atoms with van der Waals surface area (Å²) < 4.78 is 0. The molecule has 0 amide bonds. The van der Waals surface area contributed by atoms with E-state index in [0.29, 0.717) is 19.3 Å². The van der Waals surface area contributed by atoms with Gasteiger partial charge in [-0.25, -0.2) is 0 Å². The molecule has 1 rings (SSSR count). The Bertz CT molecular complexity index is 377. The van der Waals surface area contributed by atoms with Gasteiger partial charge in [0.15, 0.2) is 5.78 Å². The maximum Gasteiger partial charge on any atom is 0.156 e. The lowest BCUT2D eigenvalue weighted by Gasteiger charge is -1.94. The molecule has 0 N–H and O–H groups in total. The van der Waals surface area contributed by atoms with Gasteiger partial charge < -0.3 is 0 Å². The summed E-state index contributed by atoms with van der Waals surface area (Å²) >= 11 is 0. The van der Waals surface area contributed by atoms with E-state index in [9.17, 15) is 9.59 Å². The zero-order valence-electron chi connectivity index (χ0n) is 9.48. The molecule has 0 heterocycles. The van der Waals surface area contributed by atoms with Gasteiger partial charge >= 0.3 is 0 Å². The van der Waals surface area contributed by atoms with Crippen LogP contribution in [0.15, 0.2) is 36.4 Å². The highest BCUT2D eigenvalue weighted by molar-refractivity contribution is 5.95. The van der Waals surface area contributed by atoms with Crippen molar-refractivity contribution in [3.8, 4) is 0 Å². The number of hydrogen-bond donors (Lipinski definition) is 0. The van der Waals surface area contributed by atoms with Crippen molar-refractivity contribution < 1.29 is 9.59 Å². The fourth-order valence-corrected chi connectivity index (χ4v) is 1.28. The van der Waals surface area contributed by atoms with Crippen LogP contribution in [0.3, 0.4) is 0 Å². The Kier molecular flexibility index (Phi) is 5.20. The lowest BCUT2D eigenvalue weighted by atomic mass is 10.1. The van der Waals surface area contributed by atoms with Crippen molar-refractivity contribution >= 4 is 17.6 Å². The van der Waals surface area contributed by atoms with Gasteiger partial charge in [-0.05, 0) is 11.6 Å². The normalized spacial score (nSPS) is 10.6. The highest BCUT2D eigenvalue weighted by Crippen LogP contribution is 2.03. The molecule has 0 spiro atoms. The Morgan fingerprint density at radius 2 is 1.81 bits per heavy atom. The Labute approximate surface area is 96.0 Å². The first kappa shape index (κ1) is 12.4. The monoisotopic (exact) mass is 216 g/mol. The van der Waals surface area contributed by atoms with Gasteiger partial charge in [0.2, 0.25) is 0 Å². The summed E-state index contributed by atoms with van der Waals surface area (Å²) in [5, 5.41) is 0. The zero-order valence-corrected chi connectivity index (χ0v) is 9.48. The number of Topliss-reactive ketones (excluding diaryl/α,β-unsaturated/α-hetero) is 1. The van der Waals surface area contributed by atoms with Crippen LogP contribution >= 0.6 is 0 Å². The average Bonchev–Trinajstić information content (AvgIpc) is 2.34. The summed E-state index contributed by atoms with van der Waals surface area (Å²) in [7, 11) is 0. The quantitative estimate of drug-likeness (QED) is 0.685. The number of allylic oxidation sites excluding steroid dienone is 1. The van der Waals surface area contributed by atoms with Crippen molar-refractivity contribution in [3.63, 3.8) is 0 Å². The Morgan fingerprint density at radius 1 is 1.12 bits per heavy atom. The number of ketones is 2. The average molecular weight is 216 g/mol. The van der Waals surface area contributed by atoms with E-state index in [4.69, 9.17) is 0 Å². The molecule has 0 fully saturated rings. The summed E-state index contributed by atoms with van der Waals surface area (Å²) in [6, 6.07) is 9.64. The third-order valence-corrected chi connectivity index (χ3v) is 2.31. The van der Waals surface area contributed by atoms with Crippen LogP contribution in [0.4, 0.5) is 0 Å². The molecule has 1 aromatic rings. The van der Waals surface area contributed by atoms with Crippen molar-refractivity contribution in [1.82, 2.24) is 0 Å². The van der Waals surface area contributed by atoms with E-state index in [0.717, 1.165) is 5.56 Å². The Hall–Kier alpha value is -1.70. The number of carbonyl (C=O) groups excluding carboxylic acids is 2. The third kappa shape index (κ3) is 4.69. The van der Waals surface area contributed by atoms with E-state index in [1.165, 1.54) is 6.08 Å². The molecule has 2 nitrogen and oxygen atoms in total. The van der Waals surface area contributed by atoms with Gasteiger partial charge in [-0.1, -0.05) is 43.3 Å². The summed E-state index contributed by atoms with van der Waals surface area (Å²) in [6.07, 6.45) is 4.50. The molecular formula is C14H16O2. The number of benzene rings is 1. The molecule has 0 aromatic heterocycles. The standard InChI is InChI=1S/C14H16O2/c1-2-13(15)10-11-14(16)9-8-12-6-4-3-5-7-12/h3-9H,2,10-11H2,1H3/b9-8+. The molecule has 84 valence electrons. The lowest BCUT2D eigenvalue weighted by Crippen LogP contribution is -2.00. The van der Waals surface area contributed by atoms with Crippen LogP contribution in [0.5, 0.6) is 0 Å². The highest BCUT2D eigenvalue weighted by atomic mass is 16.1. The third-order valence-electron chi connectivity index (χ3n) is 2.31. The minimum atomic E-state index is 0.00523. The molecule has 2 heteroatoms. The van der Waals surface area contributed by atoms with E-state index in [1.807, 2.05) is 37.3 Å². The molecule has 1 aromatic carbocycles. The molecule has 16 heavy (non-hydrogen) atoms. The topological polar surface area (TPSA) is 34.1 Å². The second kappa shape index (κ2) is 6.72. The van der Waals surface area contributed by atoms with Gasteiger partial charge in [0.25, 0.3) is 0 Å². The van der Waals surface area contributed by atoms with Crippen molar-refractivity contribution in [2.24, 2.45) is 0 Å². The van der Waals surface area contributed by atoms with Crippen LogP contribution < -0.4 is 0 Å². The minimum Gasteiger partial charge on any atom is -0.300 e. The minimum absolute atomic E-state index is 0.00523. The van der Waals surface area contributed by atoms with Gasteiger partial charge in [-0.15, -0.1) is 0 Å².